The monoisotopic (exact) mass is 340 g/mol. The fraction of sp³-hybridized carbons (Fsp3) is 0.0625. The second kappa shape index (κ2) is 5.82. The van der Waals surface area contributed by atoms with Crippen molar-refractivity contribution in [3.63, 3.8) is 0 Å². The Labute approximate surface area is 140 Å². The molecule has 120 valence electrons. The number of anilines is 1. The summed E-state index contributed by atoms with van der Waals surface area (Å²) in [7, 11) is 1.61. The molecule has 0 fully saturated rings. The predicted molar refractivity (Wildman–Crippen MR) is 89.5 cm³/mol. The van der Waals surface area contributed by atoms with Crippen molar-refractivity contribution in [1.82, 2.24) is 15.1 Å². The van der Waals surface area contributed by atoms with E-state index >= 15 is 0 Å². The minimum absolute atomic E-state index is 0.142. The van der Waals surface area contributed by atoms with E-state index in [1.807, 2.05) is 41.8 Å². The van der Waals surface area contributed by atoms with Gasteiger partial charge in [-0.3, -0.25) is 0 Å². The zero-order valence-corrected chi connectivity index (χ0v) is 13.4. The lowest BCUT2D eigenvalue weighted by Crippen LogP contribution is -1.87. The lowest BCUT2D eigenvalue weighted by Gasteiger charge is -1.98. The molecule has 24 heavy (non-hydrogen) atoms. The van der Waals surface area contributed by atoms with E-state index in [-0.39, 0.29) is 11.8 Å². The topological polar surface area (TPSA) is 100 Å². The van der Waals surface area contributed by atoms with Gasteiger partial charge < -0.3 is 19.4 Å². The Morgan fingerprint density at radius 2 is 1.92 bits per heavy atom. The molecule has 0 unspecified atom stereocenters. The Hall–Kier alpha value is -3.13. The third-order valence-corrected chi connectivity index (χ3v) is 4.22. The van der Waals surface area contributed by atoms with Crippen molar-refractivity contribution in [3.05, 3.63) is 41.8 Å². The van der Waals surface area contributed by atoms with E-state index in [2.05, 4.69) is 15.1 Å². The number of benzene rings is 1. The van der Waals surface area contributed by atoms with Crippen molar-refractivity contribution in [1.29, 1.82) is 0 Å². The zero-order chi connectivity index (χ0) is 16.5. The van der Waals surface area contributed by atoms with Crippen LogP contribution in [0.15, 0.2) is 50.7 Å². The number of aromatic nitrogens is 3. The molecule has 0 amide bonds. The minimum atomic E-state index is 0.142. The van der Waals surface area contributed by atoms with Gasteiger partial charge in [-0.2, -0.15) is 4.98 Å². The summed E-state index contributed by atoms with van der Waals surface area (Å²) >= 11 is 1.51. The number of rotatable bonds is 4. The van der Waals surface area contributed by atoms with Crippen molar-refractivity contribution in [2.24, 2.45) is 0 Å². The maximum Gasteiger partial charge on any atom is 0.282 e. The van der Waals surface area contributed by atoms with Gasteiger partial charge in [-0.25, -0.2) is 4.98 Å². The predicted octanol–water partition coefficient (Wildman–Crippen LogP) is 3.71. The third-order valence-electron chi connectivity index (χ3n) is 3.36. The molecule has 0 bridgehead atoms. The molecular formula is C16H12N4O3S. The zero-order valence-electron chi connectivity index (χ0n) is 12.6. The summed E-state index contributed by atoms with van der Waals surface area (Å²) in [6, 6.07) is 11.1. The fourth-order valence-electron chi connectivity index (χ4n) is 2.17. The van der Waals surface area contributed by atoms with E-state index < -0.39 is 0 Å². The number of oxazole rings is 1. The van der Waals surface area contributed by atoms with Gasteiger partial charge in [0.05, 0.1) is 12.0 Å². The van der Waals surface area contributed by atoms with Gasteiger partial charge in [0, 0.05) is 5.56 Å². The van der Waals surface area contributed by atoms with Crippen LogP contribution < -0.4 is 10.5 Å². The standard InChI is InChI=1S/C16H12N4O3S/c1-21-10-6-4-9(5-7-10)14-19-16(23-20-14)12-13(17)22-15(18-12)11-3-2-8-24-11/h2-8H,17H2,1H3. The molecule has 4 aromatic rings. The summed E-state index contributed by atoms with van der Waals surface area (Å²) in [5, 5.41) is 5.90. The number of methoxy groups -OCH3 is 1. The van der Waals surface area contributed by atoms with Crippen LogP contribution in [-0.4, -0.2) is 22.2 Å². The van der Waals surface area contributed by atoms with Gasteiger partial charge in [-0.15, -0.1) is 11.3 Å². The molecule has 0 aliphatic rings. The second-order valence-electron chi connectivity index (χ2n) is 4.86. The molecule has 8 heteroatoms. The van der Waals surface area contributed by atoms with Crippen molar-refractivity contribution >= 4 is 17.2 Å². The molecule has 0 spiro atoms. The average molecular weight is 340 g/mol. The van der Waals surface area contributed by atoms with Crippen LogP contribution in [0.2, 0.25) is 0 Å². The summed E-state index contributed by atoms with van der Waals surface area (Å²) in [4.78, 5) is 9.58. The van der Waals surface area contributed by atoms with Gasteiger partial charge in [0.25, 0.3) is 5.89 Å². The first kappa shape index (κ1) is 14.5. The molecule has 3 aromatic heterocycles. The Morgan fingerprint density at radius 3 is 2.62 bits per heavy atom. The number of ether oxygens (including phenoxy) is 1. The molecule has 0 aliphatic heterocycles. The van der Waals surface area contributed by atoms with E-state index in [4.69, 9.17) is 19.4 Å². The number of nitrogens with two attached hydrogens (primary N) is 1. The Balaban J connectivity index is 1.67. The van der Waals surface area contributed by atoms with E-state index in [0.29, 0.717) is 17.4 Å². The average Bonchev–Trinajstić information content (AvgIpc) is 3.35. The highest BCUT2D eigenvalue weighted by atomic mass is 32.1. The first-order valence-corrected chi connectivity index (χ1v) is 7.91. The molecule has 0 saturated heterocycles. The molecule has 0 saturated carbocycles. The summed E-state index contributed by atoms with van der Waals surface area (Å²) in [5.41, 5.74) is 7.03. The number of thiophene rings is 1. The molecule has 4 rings (SSSR count). The largest absolute Gasteiger partial charge is 0.497 e. The number of hydrogen-bond acceptors (Lipinski definition) is 8. The maximum absolute atomic E-state index is 5.90. The molecule has 7 nitrogen and oxygen atoms in total. The highest BCUT2D eigenvalue weighted by Gasteiger charge is 2.20. The summed E-state index contributed by atoms with van der Waals surface area (Å²) in [6.07, 6.45) is 0. The third kappa shape index (κ3) is 2.52. The first-order chi connectivity index (χ1) is 11.7. The highest BCUT2D eigenvalue weighted by molar-refractivity contribution is 7.13. The summed E-state index contributed by atoms with van der Waals surface area (Å²) < 4.78 is 15.9. The second-order valence-corrected chi connectivity index (χ2v) is 5.81. The number of nitrogen functional groups attached to an aromatic ring is 1. The van der Waals surface area contributed by atoms with Gasteiger partial charge in [0.15, 0.2) is 5.69 Å². The van der Waals surface area contributed by atoms with Crippen molar-refractivity contribution in [2.75, 3.05) is 12.8 Å². The van der Waals surface area contributed by atoms with E-state index in [0.717, 1.165) is 16.2 Å². The van der Waals surface area contributed by atoms with E-state index in [9.17, 15) is 0 Å². The minimum Gasteiger partial charge on any atom is -0.497 e. The van der Waals surface area contributed by atoms with Gasteiger partial charge in [0.2, 0.25) is 17.6 Å². The van der Waals surface area contributed by atoms with Crippen molar-refractivity contribution in [2.45, 2.75) is 0 Å². The SMILES string of the molecule is COc1ccc(-c2noc(-c3nc(-c4cccs4)oc3N)n2)cc1. The van der Waals surface area contributed by atoms with Crippen LogP contribution >= 0.6 is 11.3 Å². The smallest absolute Gasteiger partial charge is 0.282 e. The van der Waals surface area contributed by atoms with Gasteiger partial charge >= 0.3 is 0 Å². The van der Waals surface area contributed by atoms with Gasteiger partial charge in [0.1, 0.15) is 5.75 Å². The van der Waals surface area contributed by atoms with Crippen LogP contribution in [0.25, 0.3) is 33.7 Å². The van der Waals surface area contributed by atoms with Crippen LogP contribution in [0.1, 0.15) is 0 Å². The molecular weight excluding hydrogens is 328 g/mol. The summed E-state index contributed by atoms with van der Waals surface area (Å²) in [5.74, 6) is 1.98. The molecule has 1 aromatic carbocycles. The lowest BCUT2D eigenvalue weighted by atomic mass is 10.2. The van der Waals surface area contributed by atoms with Crippen LogP contribution in [-0.2, 0) is 0 Å². The first-order valence-electron chi connectivity index (χ1n) is 7.03. The fourth-order valence-corrected chi connectivity index (χ4v) is 2.82. The van der Waals surface area contributed by atoms with Crippen LogP contribution in [0, 0.1) is 0 Å². The van der Waals surface area contributed by atoms with Crippen LogP contribution in [0.5, 0.6) is 5.75 Å². The van der Waals surface area contributed by atoms with Crippen LogP contribution in [0.3, 0.4) is 0 Å². The maximum atomic E-state index is 5.90. The molecule has 0 radical (unpaired) electrons. The highest BCUT2D eigenvalue weighted by Crippen LogP contribution is 2.32. The Kier molecular flexibility index (Phi) is 3.51. The van der Waals surface area contributed by atoms with Gasteiger partial charge in [-0.05, 0) is 35.7 Å². The summed E-state index contributed by atoms with van der Waals surface area (Å²) in [6.45, 7) is 0. The molecule has 3 heterocycles. The molecule has 2 N–H and O–H groups in total. The number of hydrogen-bond donors (Lipinski definition) is 1. The van der Waals surface area contributed by atoms with Gasteiger partial charge in [-0.1, -0.05) is 11.2 Å². The van der Waals surface area contributed by atoms with E-state index in [1.54, 1.807) is 7.11 Å². The molecule has 0 atom stereocenters. The number of nitrogens with zero attached hydrogens (tertiary/aromatic N) is 3. The van der Waals surface area contributed by atoms with Crippen molar-refractivity contribution < 1.29 is 13.7 Å². The normalized spacial score (nSPS) is 10.9. The van der Waals surface area contributed by atoms with Crippen molar-refractivity contribution in [3.8, 4) is 39.5 Å². The van der Waals surface area contributed by atoms with Crippen LogP contribution in [0.4, 0.5) is 5.88 Å². The Morgan fingerprint density at radius 1 is 1.08 bits per heavy atom. The van der Waals surface area contributed by atoms with E-state index in [1.165, 1.54) is 11.3 Å². The lowest BCUT2D eigenvalue weighted by molar-refractivity contribution is 0.414. The molecule has 0 aliphatic carbocycles. The quantitative estimate of drug-likeness (QED) is 0.604. The Bertz CT molecular complexity index is 958.